The molecule has 2 N–H and O–H groups in total. The van der Waals surface area contributed by atoms with Crippen LogP contribution in [0.2, 0.25) is 0 Å². The Morgan fingerprint density at radius 3 is 2.42 bits per heavy atom. The number of nitrogens with one attached hydrogen (secondary N) is 2. The third-order valence-electron chi connectivity index (χ3n) is 3.79. The molecule has 0 radical (unpaired) electrons. The van der Waals surface area contributed by atoms with Crippen molar-refractivity contribution in [2.75, 3.05) is 12.4 Å². The van der Waals surface area contributed by atoms with E-state index in [0.29, 0.717) is 24.7 Å². The summed E-state index contributed by atoms with van der Waals surface area (Å²) in [5, 5.41) is 5.98. The Labute approximate surface area is 152 Å². The van der Waals surface area contributed by atoms with E-state index >= 15 is 0 Å². The van der Waals surface area contributed by atoms with Crippen LogP contribution in [0.3, 0.4) is 0 Å². The van der Waals surface area contributed by atoms with Crippen LogP contribution in [0.15, 0.2) is 66.9 Å². The second-order valence-electron chi connectivity index (χ2n) is 5.64. The van der Waals surface area contributed by atoms with Crippen LogP contribution in [-0.4, -0.2) is 23.0 Å². The maximum absolute atomic E-state index is 12.3. The molecule has 3 aromatic rings. The molecule has 0 spiro atoms. The molecule has 1 aromatic heterocycles. The Kier molecular flexibility index (Phi) is 5.77. The topological polar surface area (TPSA) is 76.1 Å². The molecule has 0 fully saturated rings. The van der Waals surface area contributed by atoms with E-state index in [1.54, 1.807) is 19.4 Å². The number of carbonyl (C=O) groups is 1. The number of anilines is 1. The van der Waals surface area contributed by atoms with Crippen LogP contribution in [0.1, 0.15) is 21.6 Å². The quantitative estimate of drug-likeness (QED) is 0.686. The van der Waals surface area contributed by atoms with E-state index in [-0.39, 0.29) is 5.91 Å². The van der Waals surface area contributed by atoms with E-state index in [0.717, 1.165) is 16.9 Å². The van der Waals surface area contributed by atoms with Crippen molar-refractivity contribution >= 4 is 11.9 Å². The van der Waals surface area contributed by atoms with Crippen molar-refractivity contribution < 1.29 is 9.53 Å². The Hall–Kier alpha value is -3.41. The molecule has 0 atom stereocenters. The molecular weight excluding hydrogens is 328 g/mol. The van der Waals surface area contributed by atoms with E-state index in [2.05, 4.69) is 20.6 Å². The van der Waals surface area contributed by atoms with E-state index in [1.165, 1.54) is 0 Å². The molecular formula is C20H20N4O2. The average molecular weight is 348 g/mol. The number of nitrogens with zero attached hydrogens (tertiary/aromatic N) is 2. The number of carbonyl (C=O) groups excluding carboxylic acids is 1. The summed E-state index contributed by atoms with van der Waals surface area (Å²) >= 11 is 0. The van der Waals surface area contributed by atoms with Crippen molar-refractivity contribution in [1.29, 1.82) is 0 Å². The van der Waals surface area contributed by atoms with Gasteiger partial charge in [0.2, 0.25) is 5.95 Å². The maximum Gasteiger partial charge on any atom is 0.270 e. The van der Waals surface area contributed by atoms with E-state index in [9.17, 15) is 4.79 Å². The van der Waals surface area contributed by atoms with Gasteiger partial charge in [-0.2, -0.15) is 0 Å². The molecule has 6 heteroatoms. The largest absolute Gasteiger partial charge is 0.497 e. The maximum atomic E-state index is 12.3. The number of aromatic nitrogens is 2. The summed E-state index contributed by atoms with van der Waals surface area (Å²) in [6, 6.07) is 19.0. The number of hydrogen-bond donors (Lipinski definition) is 2. The lowest BCUT2D eigenvalue weighted by Gasteiger charge is -2.08. The summed E-state index contributed by atoms with van der Waals surface area (Å²) in [4.78, 5) is 20.7. The summed E-state index contributed by atoms with van der Waals surface area (Å²) in [6.45, 7) is 1.01. The van der Waals surface area contributed by atoms with Crippen LogP contribution in [0.4, 0.5) is 5.95 Å². The monoisotopic (exact) mass is 348 g/mol. The highest BCUT2D eigenvalue weighted by Gasteiger charge is 2.08. The number of benzene rings is 2. The summed E-state index contributed by atoms with van der Waals surface area (Å²) < 4.78 is 5.14. The zero-order valence-corrected chi connectivity index (χ0v) is 14.5. The Balaban J connectivity index is 1.57. The number of rotatable bonds is 7. The van der Waals surface area contributed by atoms with Gasteiger partial charge in [0.15, 0.2) is 0 Å². The zero-order chi connectivity index (χ0) is 18.2. The molecule has 26 heavy (non-hydrogen) atoms. The molecule has 1 amide bonds. The number of amides is 1. The van der Waals surface area contributed by atoms with Crippen LogP contribution in [0.5, 0.6) is 5.75 Å². The van der Waals surface area contributed by atoms with Gasteiger partial charge in [0.1, 0.15) is 11.4 Å². The molecule has 1 heterocycles. The third kappa shape index (κ3) is 4.80. The fraction of sp³-hybridized carbons (Fsp3) is 0.150. The average Bonchev–Trinajstić information content (AvgIpc) is 2.72. The van der Waals surface area contributed by atoms with Gasteiger partial charge in [0.05, 0.1) is 7.11 Å². The van der Waals surface area contributed by atoms with Gasteiger partial charge in [0, 0.05) is 19.3 Å². The smallest absolute Gasteiger partial charge is 0.270 e. The second kappa shape index (κ2) is 8.62. The standard InChI is InChI=1S/C20H20N4O2/c1-26-17-9-7-16(8-10-17)14-23-20-21-12-11-18(24-20)19(25)22-13-15-5-3-2-4-6-15/h2-12H,13-14H2,1H3,(H,22,25)(H,21,23,24). The third-order valence-corrected chi connectivity index (χ3v) is 3.79. The lowest BCUT2D eigenvalue weighted by molar-refractivity contribution is 0.0946. The zero-order valence-electron chi connectivity index (χ0n) is 14.5. The minimum Gasteiger partial charge on any atom is -0.497 e. The molecule has 0 bridgehead atoms. The lowest BCUT2D eigenvalue weighted by atomic mass is 10.2. The van der Waals surface area contributed by atoms with Crippen molar-refractivity contribution in [1.82, 2.24) is 15.3 Å². The Morgan fingerprint density at radius 2 is 1.69 bits per heavy atom. The molecule has 0 aliphatic rings. The Morgan fingerprint density at radius 1 is 0.962 bits per heavy atom. The minimum atomic E-state index is -0.233. The van der Waals surface area contributed by atoms with Crippen LogP contribution < -0.4 is 15.4 Å². The normalized spacial score (nSPS) is 10.2. The minimum absolute atomic E-state index is 0.233. The van der Waals surface area contributed by atoms with Gasteiger partial charge in [-0.15, -0.1) is 0 Å². The molecule has 2 aromatic carbocycles. The van der Waals surface area contributed by atoms with Crippen LogP contribution in [-0.2, 0) is 13.1 Å². The number of hydrogen-bond acceptors (Lipinski definition) is 5. The van der Waals surface area contributed by atoms with E-state index in [4.69, 9.17) is 4.74 Å². The molecule has 6 nitrogen and oxygen atoms in total. The molecule has 0 saturated heterocycles. The first kappa shape index (κ1) is 17.4. The predicted octanol–water partition coefficient (Wildman–Crippen LogP) is 3.03. The highest BCUT2D eigenvalue weighted by Crippen LogP contribution is 2.12. The van der Waals surface area contributed by atoms with Gasteiger partial charge < -0.3 is 15.4 Å². The molecule has 132 valence electrons. The van der Waals surface area contributed by atoms with E-state index in [1.807, 2.05) is 54.6 Å². The Bertz CT molecular complexity index is 851. The fourth-order valence-corrected chi connectivity index (χ4v) is 2.36. The molecule has 0 aliphatic heterocycles. The van der Waals surface area contributed by atoms with Gasteiger partial charge in [-0.25, -0.2) is 9.97 Å². The van der Waals surface area contributed by atoms with E-state index < -0.39 is 0 Å². The summed E-state index contributed by atoms with van der Waals surface area (Å²) in [5.41, 5.74) is 2.43. The predicted molar refractivity (Wildman–Crippen MR) is 100.0 cm³/mol. The van der Waals surface area contributed by atoms with Gasteiger partial charge in [-0.1, -0.05) is 42.5 Å². The highest BCUT2D eigenvalue weighted by molar-refractivity contribution is 5.92. The highest BCUT2D eigenvalue weighted by atomic mass is 16.5. The summed E-state index contributed by atoms with van der Waals surface area (Å²) in [7, 11) is 1.63. The first-order valence-corrected chi connectivity index (χ1v) is 8.26. The first-order valence-electron chi connectivity index (χ1n) is 8.26. The van der Waals surface area contributed by atoms with Crippen molar-refractivity contribution in [3.63, 3.8) is 0 Å². The second-order valence-corrected chi connectivity index (χ2v) is 5.64. The molecule has 0 saturated carbocycles. The first-order chi connectivity index (χ1) is 12.7. The SMILES string of the molecule is COc1ccc(CNc2nccc(C(=O)NCc3ccccc3)n2)cc1. The summed E-state index contributed by atoms with van der Waals surface area (Å²) in [5.74, 6) is 0.985. The number of methoxy groups -OCH3 is 1. The van der Waals surface area contributed by atoms with Crippen molar-refractivity contribution in [2.45, 2.75) is 13.1 Å². The van der Waals surface area contributed by atoms with Crippen LogP contribution in [0.25, 0.3) is 0 Å². The number of ether oxygens (including phenoxy) is 1. The van der Waals surface area contributed by atoms with Crippen molar-refractivity contribution in [3.05, 3.63) is 83.7 Å². The van der Waals surface area contributed by atoms with Crippen molar-refractivity contribution in [3.8, 4) is 5.75 Å². The van der Waals surface area contributed by atoms with Crippen molar-refractivity contribution in [2.24, 2.45) is 0 Å². The van der Waals surface area contributed by atoms with Crippen LogP contribution in [0, 0.1) is 0 Å². The molecule has 0 unspecified atom stereocenters. The molecule has 3 rings (SSSR count). The molecule has 0 aliphatic carbocycles. The van der Waals surface area contributed by atoms with Crippen LogP contribution >= 0.6 is 0 Å². The van der Waals surface area contributed by atoms with Gasteiger partial charge in [-0.05, 0) is 29.3 Å². The fourth-order valence-electron chi connectivity index (χ4n) is 2.36. The summed E-state index contributed by atoms with van der Waals surface area (Å²) in [6.07, 6.45) is 1.57. The lowest BCUT2D eigenvalue weighted by Crippen LogP contribution is -2.24. The van der Waals surface area contributed by atoms with Gasteiger partial charge in [0.25, 0.3) is 5.91 Å². The van der Waals surface area contributed by atoms with Gasteiger partial charge in [-0.3, -0.25) is 4.79 Å². The van der Waals surface area contributed by atoms with Gasteiger partial charge >= 0.3 is 0 Å².